The molecule has 2 aromatic rings. The van der Waals surface area contributed by atoms with E-state index < -0.39 is 0 Å². The number of halogens is 1. The molecule has 1 aliphatic heterocycles. The molecular weight excluding hydrogens is 498 g/mol. The molecule has 3 rings (SSSR count). The predicted octanol–water partition coefficient (Wildman–Crippen LogP) is 5.30. The van der Waals surface area contributed by atoms with Crippen molar-refractivity contribution < 1.29 is 9.90 Å². The van der Waals surface area contributed by atoms with Crippen LogP contribution in [0.25, 0.3) is 0 Å². The average Bonchev–Trinajstić information content (AvgIpc) is 3.12. The summed E-state index contributed by atoms with van der Waals surface area (Å²) in [5.74, 6) is 0.430. The highest BCUT2D eigenvalue weighted by Gasteiger charge is 2.35. The van der Waals surface area contributed by atoms with Gasteiger partial charge < -0.3 is 10.0 Å². The molecule has 1 aliphatic rings. The minimum absolute atomic E-state index is 0.0130. The molecule has 1 aromatic heterocycles. The summed E-state index contributed by atoms with van der Waals surface area (Å²) in [6.07, 6.45) is 2.37. The third-order valence-electron chi connectivity index (χ3n) is 6.52. The Morgan fingerprint density at radius 3 is 2.64 bits per heavy atom. The van der Waals surface area contributed by atoms with Crippen LogP contribution in [0.15, 0.2) is 47.5 Å². The van der Waals surface area contributed by atoms with Gasteiger partial charge in [-0.15, -0.1) is 17.9 Å². The van der Waals surface area contributed by atoms with Crippen LogP contribution in [-0.4, -0.2) is 70.5 Å². The standard InChI is InChI=1S/C26H36BrN3O2S/c1-6-12-29-16-19(5)30(17-18(29)4)26(20-10-9-11-21(31)13-20)24-14-22(27)23(33-24)15-25(32)28(7-2)8-3/h6,9-11,13-14,18-19,26,31H,1,7-8,12,15-17H2,2-5H3/t18-,19+,26-/m1/s1. The van der Waals surface area contributed by atoms with Crippen LogP contribution >= 0.6 is 27.3 Å². The lowest BCUT2D eigenvalue weighted by molar-refractivity contribution is -0.130. The van der Waals surface area contributed by atoms with E-state index in [1.54, 1.807) is 17.4 Å². The molecule has 1 aromatic carbocycles. The van der Waals surface area contributed by atoms with E-state index in [-0.39, 0.29) is 17.7 Å². The van der Waals surface area contributed by atoms with E-state index in [0.29, 0.717) is 18.5 Å². The number of phenolic OH excluding ortho intramolecular Hbond substituents is 1. The lowest BCUT2D eigenvalue weighted by Crippen LogP contribution is -2.57. The molecule has 3 atom stereocenters. The van der Waals surface area contributed by atoms with Gasteiger partial charge in [0.05, 0.1) is 12.5 Å². The Morgan fingerprint density at radius 1 is 1.27 bits per heavy atom. The Balaban J connectivity index is 1.96. The number of hydrogen-bond acceptors (Lipinski definition) is 5. The van der Waals surface area contributed by atoms with Crippen LogP contribution in [0, 0.1) is 0 Å². The van der Waals surface area contributed by atoms with E-state index in [9.17, 15) is 9.90 Å². The molecule has 0 unspecified atom stereocenters. The van der Waals surface area contributed by atoms with Crippen molar-refractivity contribution in [3.05, 3.63) is 62.8 Å². The number of likely N-dealkylation sites (N-methyl/N-ethyl adjacent to an activating group) is 1. The molecule has 0 bridgehead atoms. The molecule has 0 radical (unpaired) electrons. The van der Waals surface area contributed by atoms with Crippen molar-refractivity contribution in [2.45, 2.75) is 52.2 Å². The number of aromatic hydroxyl groups is 1. The molecule has 0 spiro atoms. The van der Waals surface area contributed by atoms with Gasteiger partial charge in [0.15, 0.2) is 0 Å². The number of rotatable bonds is 9. The summed E-state index contributed by atoms with van der Waals surface area (Å²) in [6.45, 7) is 16.7. The molecule has 7 heteroatoms. The lowest BCUT2D eigenvalue weighted by Gasteiger charge is -2.47. The number of hydrogen-bond donors (Lipinski definition) is 1. The molecule has 33 heavy (non-hydrogen) atoms. The summed E-state index contributed by atoms with van der Waals surface area (Å²) in [4.78, 5) is 21.9. The van der Waals surface area contributed by atoms with Gasteiger partial charge in [0, 0.05) is 59.0 Å². The van der Waals surface area contributed by atoms with Crippen LogP contribution in [0.2, 0.25) is 0 Å². The van der Waals surface area contributed by atoms with Gasteiger partial charge in [-0.25, -0.2) is 0 Å². The minimum atomic E-state index is 0.0130. The summed E-state index contributed by atoms with van der Waals surface area (Å²) in [5.41, 5.74) is 1.07. The Labute approximate surface area is 210 Å². The van der Waals surface area contributed by atoms with Crippen LogP contribution in [0.5, 0.6) is 5.75 Å². The molecule has 1 saturated heterocycles. The second kappa shape index (κ2) is 11.6. The zero-order chi connectivity index (χ0) is 24.1. The first kappa shape index (κ1) is 25.9. The van der Waals surface area contributed by atoms with E-state index in [1.165, 1.54) is 4.88 Å². The third-order valence-corrected chi connectivity index (χ3v) is 8.68. The summed E-state index contributed by atoms with van der Waals surface area (Å²) in [5, 5.41) is 10.2. The van der Waals surface area contributed by atoms with E-state index in [2.05, 4.69) is 58.3 Å². The van der Waals surface area contributed by atoms with Crippen molar-refractivity contribution in [1.82, 2.24) is 14.7 Å². The largest absolute Gasteiger partial charge is 0.508 e. The van der Waals surface area contributed by atoms with Crippen molar-refractivity contribution in [2.24, 2.45) is 0 Å². The molecule has 0 aliphatic carbocycles. The average molecular weight is 535 g/mol. The number of amides is 1. The Morgan fingerprint density at radius 2 is 2.00 bits per heavy atom. The highest BCUT2D eigenvalue weighted by Crippen LogP contribution is 2.40. The zero-order valence-corrected chi connectivity index (χ0v) is 22.5. The fourth-order valence-electron chi connectivity index (χ4n) is 4.73. The van der Waals surface area contributed by atoms with Crippen molar-refractivity contribution in [2.75, 3.05) is 32.7 Å². The maximum atomic E-state index is 12.8. The maximum Gasteiger partial charge on any atom is 0.227 e. The number of carbonyl (C=O) groups is 1. The Hall–Kier alpha value is -1.67. The van der Waals surface area contributed by atoms with Gasteiger partial charge in [0.25, 0.3) is 0 Å². The molecular formula is C26H36BrN3O2S. The van der Waals surface area contributed by atoms with Crippen molar-refractivity contribution in [3.63, 3.8) is 0 Å². The fourth-order valence-corrected chi connectivity index (χ4v) is 6.70. The predicted molar refractivity (Wildman–Crippen MR) is 141 cm³/mol. The van der Waals surface area contributed by atoms with Crippen LogP contribution < -0.4 is 0 Å². The quantitative estimate of drug-likeness (QED) is 0.444. The molecule has 2 heterocycles. The monoisotopic (exact) mass is 533 g/mol. The molecule has 1 N–H and O–H groups in total. The number of phenols is 1. The van der Waals surface area contributed by atoms with Crippen LogP contribution in [0.3, 0.4) is 0 Å². The van der Waals surface area contributed by atoms with E-state index in [0.717, 1.165) is 47.6 Å². The highest BCUT2D eigenvalue weighted by molar-refractivity contribution is 9.10. The van der Waals surface area contributed by atoms with Crippen LogP contribution in [-0.2, 0) is 11.2 Å². The summed E-state index contributed by atoms with van der Waals surface area (Å²) in [6, 6.07) is 10.5. The Bertz CT molecular complexity index is 959. The molecule has 1 amide bonds. The smallest absolute Gasteiger partial charge is 0.227 e. The van der Waals surface area contributed by atoms with E-state index in [4.69, 9.17) is 0 Å². The van der Waals surface area contributed by atoms with Gasteiger partial charge >= 0.3 is 0 Å². The number of piperazine rings is 1. The third kappa shape index (κ3) is 6.07. The van der Waals surface area contributed by atoms with Gasteiger partial charge in [-0.3, -0.25) is 14.6 Å². The number of benzene rings is 1. The van der Waals surface area contributed by atoms with Gasteiger partial charge in [-0.05, 0) is 67.4 Å². The van der Waals surface area contributed by atoms with Gasteiger partial charge in [-0.2, -0.15) is 0 Å². The second-order valence-electron chi connectivity index (χ2n) is 8.80. The molecule has 0 saturated carbocycles. The minimum Gasteiger partial charge on any atom is -0.508 e. The lowest BCUT2D eigenvalue weighted by atomic mass is 9.98. The normalized spacial score (nSPS) is 20.5. The van der Waals surface area contributed by atoms with E-state index in [1.807, 2.05) is 37.0 Å². The van der Waals surface area contributed by atoms with Gasteiger partial charge in [0.2, 0.25) is 5.91 Å². The first-order valence-electron chi connectivity index (χ1n) is 11.7. The molecule has 1 fully saturated rings. The maximum absolute atomic E-state index is 12.8. The van der Waals surface area contributed by atoms with Crippen LogP contribution in [0.4, 0.5) is 0 Å². The van der Waals surface area contributed by atoms with Gasteiger partial charge in [-0.1, -0.05) is 18.2 Å². The van der Waals surface area contributed by atoms with E-state index >= 15 is 0 Å². The number of nitrogens with zero attached hydrogens (tertiary/aromatic N) is 3. The van der Waals surface area contributed by atoms with Crippen molar-refractivity contribution in [1.29, 1.82) is 0 Å². The van der Waals surface area contributed by atoms with Gasteiger partial charge in [0.1, 0.15) is 5.75 Å². The van der Waals surface area contributed by atoms with Crippen molar-refractivity contribution >= 4 is 33.2 Å². The topological polar surface area (TPSA) is 47.0 Å². The van der Waals surface area contributed by atoms with Crippen molar-refractivity contribution in [3.8, 4) is 5.75 Å². The summed E-state index contributed by atoms with van der Waals surface area (Å²) < 4.78 is 0.985. The second-order valence-corrected chi connectivity index (χ2v) is 10.8. The molecule has 180 valence electrons. The fraction of sp³-hybridized carbons (Fsp3) is 0.500. The SMILES string of the molecule is C=CCN1C[C@H](C)N([C@H](c2cccc(O)c2)c2cc(Br)c(CC(=O)N(CC)CC)s2)C[C@H]1C. The number of thiophene rings is 1. The number of carbonyl (C=O) groups excluding carboxylic acids is 1. The zero-order valence-electron chi connectivity index (χ0n) is 20.1. The first-order valence-corrected chi connectivity index (χ1v) is 13.3. The highest BCUT2D eigenvalue weighted by atomic mass is 79.9. The summed E-state index contributed by atoms with van der Waals surface area (Å²) in [7, 11) is 0. The molecule has 5 nitrogen and oxygen atoms in total. The Kier molecular flexibility index (Phi) is 9.16. The first-order chi connectivity index (χ1) is 15.8. The van der Waals surface area contributed by atoms with Crippen LogP contribution in [0.1, 0.15) is 49.1 Å². The summed E-state index contributed by atoms with van der Waals surface area (Å²) >= 11 is 5.42.